The number of nitrogens with zero attached hydrogens (tertiary/aromatic N) is 5. The van der Waals surface area contributed by atoms with Crippen LogP contribution in [-0.2, 0) is 10.5 Å². The van der Waals surface area contributed by atoms with Crippen molar-refractivity contribution in [3.05, 3.63) is 71.0 Å². The van der Waals surface area contributed by atoms with Gasteiger partial charge in [0.2, 0.25) is 5.91 Å². The minimum absolute atomic E-state index is 0.0716. The van der Waals surface area contributed by atoms with Crippen molar-refractivity contribution < 1.29 is 9.53 Å². The van der Waals surface area contributed by atoms with E-state index in [0.717, 1.165) is 33.5 Å². The summed E-state index contributed by atoms with van der Waals surface area (Å²) >= 11 is 2.98. The molecule has 0 aliphatic carbocycles. The number of amides is 1. The Balaban J connectivity index is 1.54. The van der Waals surface area contributed by atoms with Gasteiger partial charge in [-0.15, -0.1) is 21.5 Å². The molecule has 2 aromatic carbocycles. The lowest BCUT2D eigenvalue weighted by molar-refractivity contribution is -0.115. The molecule has 0 radical (unpaired) electrons. The van der Waals surface area contributed by atoms with Crippen LogP contribution in [-0.4, -0.2) is 32.8 Å². The van der Waals surface area contributed by atoms with Crippen LogP contribution in [0.25, 0.3) is 5.69 Å². The number of carbonyl (C=O) groups is 1. The molecule has 0 atom stereocenters. The molecule has 1 amide bonds. The van der Waals surface area contributed by atoms with E-state index in [9.17, 15) is 4.79 Å². The number of aromatic nitrogens is 4. The zero-order valence-electron chi connectivity index (χ0n) is 18.3. The van der Waals surface area contributed by atoms with Crippen LogP contribution in [0.5, 0.6) is 5.75 Å². The van der Waals surface area contributed by atoms with Crippen molar-refractivity contribution in [3.63, 3.8) is 0 Å². The quantitative estimate of drug-likeness (QED) is 0.344. The summed E-state index contributed by atoms with van der Waals surface area (Å²) in [6.45, 7) is 5.65. The lowest BCUT2D eigenvalue weighted by atomic mass is 10.1. The SMILES string of the molecule is COc1ccccc1-n1cnnc1SCc1csc(N(C(C)=O)c2ccc(C)c(C)c2)n1. The van der Waals surface area contributed by atoms with Gasteiger partial charge in [-0.25, -0.2) is 4.98 Å². The Morgan fingerprint density at radius 2 is 2.00 bits per heavy atom. The Bertz CT molecular complexity index is 1250. The third-order valence-corrected chi connectivity index (χ3v) is 6.86. The number of thiazole rings is 1. The van der Waals surface area contributed by atoms with E-state index in [1.807, 2.05) is 59.3 Å². The molecule has 32 heavy (non-hydrogen) atoms. The maximum Gasteiger partial charge on any atom is 0.230 e. The first-order chi connectivity index (χ1) is 15.5. The smallest absolute Gasteiger partial charge is 0.230 e. The number of anilines is 2. The average Bonchev–Trinajstić information content (AvgIpc) is 3.44. The van der Waals surface area contributed by atoms with E-state index in [1.54, 1.807) is 25.3 Å². The van der Waals surface area contributed by atoms with Crippen molar-refractivity contribution in [2.75, 3.05) is 12.0 Å². The summed E-state index contributed by atoms with van der Waals surface area (Å²) < 4.78 is 7.36. The molecule has 9 heteroatoms. The normalized spacial score (nSPS) is 10.9. The fraction of sp³-hybridized carbons (Fsp3) is 0.217. The maximum absolute atomic E-state index is 12.4. The largest absolute Gasteiger partial charge is 0.495 e. The van der Waals surface area contributed by atoms with Gasteiger partial charge in [-0.1, -0.05) is 30.0 Å². The summed E-state index contributed by atoms with van der Waals surface area (Å²) in [5, 5.41) is 11.7. The molecule has 0 aliphatic heterocycles. The summed E-state index contributed by atoms with van der Waals surface area (Å²) in [5.41, 5.74) is 4.90. The first-order valence-electron chi connectivity index (χ1n) is 9.96. The van der Waals surface area contributed by atoms with E-state index < -0.39 is 0 Å². The van der Waals surface area contributed by atoms with Gasteiger partial charge in [-0.05, 0) is 49.2 Å². The molecule has 0 fully saturated rings. The molecule has 2 heterocycles. The van der Waals surface area contributed by atoms with Crippen LogP contribution in [0.15, 0.2) is 59.3 Å². The first kappa shape index (κ1) is 22.0. The molecular weight excluding hydrogens is 442 g/mol. The molecule has 4 rings (SSSR count). The summed E-state index contributed by atoms with van der Waals surface area (Å²) in [4.78, 5) is 18.8. The summed E-state index contributed by atoms with van der Waals surface area (Å²) in [6.07, 6.45) is 1.67. The van der Waals surface area contributed by atoms with Crippen LogP contribution in [0, 0.1) is 13.8 Å². The van der Waals surface area contributed by atoms with Crippen LogP contribution >= 0.6 is 23.1 Å². The second-order valence-electron chi connectivity index (χ2n) is 7.19. The number of aryl methyl sites for hydroxylation is 2. The molecule has 0 N–H and O–H groups in total. The van der Waals surface area contributed by atoms with Gasteiger partial charge in [-0.3, -0.25) is 14.3 Å². The van der Waals surface area contributed by atoms with Crippen molar-refractivity contribution in [1.29, 1.82) is 0 Å². The number of hydrogen-bond donors (Lipinski definition) is 0. The van der Waals surface area contributed by atoms with Gasteiger partial charge in [0.1, 0.15) is 12.1 Å². The highest BCUT2D eigenvalue weighted by atomic mass is 32.2. The minimum Gasteiger partial charge on any atom is -0.495 e. The number of methoxy groups -OCH3 is 1. The van der Waals surface area contributed by atoms with E-state index in [4.69, 9.17) is 9.72 Å². The first-order valence-corrected chi connectivity index (χ1v) is 11.8. The van der Waals surface area contributed by atoms with Crippen LogP contribution in [0.4, 0.5) is 10.8 Å². The van der Waals surface area contributed by atoms with Gasteiger partial charge in [0.25, 0.3) is 0 Å². The van der Waals surface area contributed by atoms with Crippen LogP contribution in [0.3, 0.4) is 0 Å². The molecular formula is C23H23N5O2S2. The number of carbonyl (C=O) groups excluding carboxylic acids is 1. The van der Waals surface area contributed by atoms with Gasteiger partial charge in [0.05, 0.1) is 24.2 Å². The topological polar surface area (TPSA) is 73.1 Å². The Morgan fingerprint density at radius 3 is 2.75 bits per heavy atom. The van der Waals surface area contributed by atoms with E-state index in [-0.39, 0.29) is 5.91 Å². The van der Waals surface area contributed by atoms with Crippen molar-refractivity contribution in [1.82, 2.24) is 19.7 Å². The summed E-state index contributed by atoms with van der Waals surface area (Å²) in [7, 11) is 1.64. The highest BCUT2D eigenvalue weighted by Crippen LogP contribution is 2.33. The predicted molar refractivity (Wildman–Crippen MR) is 128 cm³/mol. The summed E-state index contributed by atoms with van der Waals surface area (Å²) in [5.74, 6) is 1.27. The Labute approximate surface area is 195 Å². The average molecular weight is 466 g/mol. The Morgan fingerprint density at radius 1 is 1.19 bits per heavy atom. The number of para-hydroxylation sites is 2. The number of thioether (sulfide) groups is 1. The number of hydrogen-bond acceptors (Lipinski definition) is 7. The third kappa shape index (κ3) is 4.53. The molecule has 2 aromatic heterocycles. The lowest BCUT2D eigenvalue weighted by Crippen LogP contribution is -2.22. The molecule has 4 aromatic rings. The monoisotopic (exact) mass is 465 g/mol. The second-order valence-corrected chi connectivity index (χ2v) is 8.97. The molecule has 0 unspecified atom stereocenters. The maximum atomic E-state index is 12.4. The van der Waals surface area contributed by atoms with Gasteiger partial charge in [-0.2, -0.15) is 0 Å². The standard InChI is InChI=1S/C23H23N5O2S2/c1-15-9-10-19(11-16(15)2)28(17(3)29)22-25-18(12-31-22)13-32-23-26-24-14-27(23)20-7-5-6-8-21(20)30-4/h5-12,14H,13H2,1-4H3. The number of rotatable bonds is 7. The molecule has 164 valence electrons. The molecule has 0 saturated heterocycles. The molecule has 0 saturated carbocycles. The Kier molecular flexibility index (Phi) is 6.57. The summed E-state index contributed by atoms with van der Waals surface area (Å²) in [6, 6.07) is 13.7. The number of ether oxygens (including phenoxy) is 1. The molecule has 0 aliphatic rings. The minimum atomic E-state index is -0.0716. The van der Waals surface area contributed by atoms with E-state index in [0.29, 0.717) is 10.9 Å². The van der Waals surface area contributed by atoms with Crippen molar-refractivity contribution in [2.24, 2.45) is 0 Å². The highest BCUT2D eigenvalue weighted by molar-refractivity contribution is 7.98. The zero-order valence-corrected chi connectivity index (χ0v) is 19.9. The predicted octanol–water partition coefficient (Wildman–Crippen LogP) is 5.33. The van der Waals surface area contributed by atoms with Crippen LogP contribution in [0.1, 0.15) is 23.7 Å². The lowest BCUT2D eigenvalue weighted by Gasteiger charge is -2.19. The van der Waals surface area contributed by atoms with Gasteiger partial charge >= 0.3 is 0 Å². The van der Waals surface area contributed by atoms with Crippen LogP contribution in [0.2, 0.25) is 0 Å². The zero-order chi connectivity index (χ0) is 22.7. The fourth-order valence-electron chi connectivity index (χ4n) is 3.21. The van der Waals surface area contributed by atoms with Gasteiger partial charge in [0.15, 0.2) is 10.3 Å². The van der Waals surface area contributed by atoms with Gasteiger partial charge < -0.3 is 4.74 Å². The van der Waals surface area contributed by atoms with Gasteiger partial charge in [0, 0.05) is 18.1 Å². The second kappa shape index (κ2) is 9.54. The van der Waals surface area contributed by atoms with Crippen molar-refractivity contribution >= 4 is 39.8 Å². The Hall–Kier alpha value is -3.17. The number of benzene rings is 2. The van der Waals surface area contributed by atoms with Crippen molar-refractivity contribution in [3.8, 4) is 11.4 Å². The molecule has 0 bridgehead atoms. The van der Waals surface area contributed by atoms with E-state index in [1.165, 1.54) is 28.7 Å². The van der Waals surface area contributed by atoms with Crippen molar-refractivity contribution in [2.45, 2.75) is 31.7 Å². The van der Waals surface area contributed by atoms with Crippen LogP contribution < -0.4 is 9.64 Å². The fourth-order valence-corrected chi connectivity index (χ4v) is 5.02. The highest BCUT2D eigenvalue weighted by Gasteiger charge is 2.19. The third-order valence-electron chi connectivity index (χ3n) is 5.00. The van der Waals surface area contributed by atoms with E-state index >= 15 is 0 Å². The molecule has 0 spiro atoms. The van der Waals surface area contributed by atoms with E-state index in [2.05, 4.69) is 17.1 Å². The molecule has 7 nitrogen and oxygen atoms in total.